The molecule has 3 rings (SSSR count). The number of anilines is 2. The van der Waals surface area contributed by atoms with Crippen LogP contribution in [-0.4, -0.2) is 53.4 Å². The van der Waals surface area contributed by atoms with Gasteiger partial charge in [-0.15, -0.1) is 0 Å². The lowest BCUT2D eigenvalue weighted by atomic mass is 10.2. The van der Waals surface area contributed by atoms with Crippen molar-refractivity contribution in [3.05, 3.63) is 47.2 Å². The first-order valence-electron chi connectivity index (χ1n) is 7.49. The zero-order valence-electron chi connectivity index (χ0n) is 12.9. The van der Waals surface area contributed by atoms with Crippen molar-refractivity contribution in [3.8, 4) is 0 Å². The normalized spacial score (nSPS) is 14.4. The lowest BCUT2D eigenvalue weighted by Gasteiger charge is -2.32. The van der Waals surface area contributed by atoms with E-state index in [2.05, 4.69) is 15.3 Å². The third kappa shape index (κ3) is 3.62. The van der Waals surface area contributed by atoms with Gasteiger partial charge in [0.25, 0.3) is 5.91 Å². The molecule has 1 N–H and O–H groups in total. The summed E-state index contributed by atoms with van der Waals surface area (Å²) in [6.45, 7) is 2.62. The topological polar surface area (TPSA) is 78.4 Å². The van der Waals surface area contributed by atoms with Gasteiger partial charge in [-0.05, 0) is 12.1 Å². The second-order valence-electron chi connectivity index (χ2n) is 5.33. The Balaban J connectivity index is 1.65. The van der Waals surface area contributed by atoms with Crippen LogP contribution in [0.15, 0.2) is 36.7 Å². The van der Waals surface area contributed by atoms with Crippen molar-refractivity contribution < 1.29 is 9.59 Å². The zero-order chi connectivity index (χ0) is 16.9. The molecule has 24 heavy (non-hydrogen) atoms. The number of carbonyl (C=O) groups excluding carboxylic acids is 2. The Morgan fingerprint density at radius 2 is 1.79 bits per heavy atom. The van der Waals surface area contributed by atoms with E-state index < -0.39 is 0 Å². The number of halogens is 1. The van der Waals surface area contributed by atoms with Crippen LogP contribution in [-0.2, 0) is 4.79 Å². The monoisotopic (exact) mass is 345 g/mol. The molecule has 0 spiro atoms. The molecule has 2 heterocycles. The molecule has 1 aromatic heterocycles. The van der Waals surface area contributed by atoms with Crippen LogP contribution in [0.25, 0.3) is 0 Å². The van der Waals surface area contributed by atoms with E-state index >= 15 is 0 Å². The maximum atomic E-state index is 12.2. The van der Waals surface area contributed by atoms with Gasteiger partial charge in [0.2, 0.25) is 12.4 Å². The molecule has 1 aliphatic rings. The zero-order valence-corrected chi connectivity index (χ0v) is 13.6. The molecule has 1 saturated heterocycles. The minimum absolute atomic E-state index is 0.319. The predicted octanol–water partition coefficient (Wildman–Crippen LogP) is 1.66. The number of amides is 2. The van der Waals surface area contributed by atoms with Gasteiger partial charge in [-0.25, -0.2) is 9.97 Å². The van der Waals surface area contributed by atoms with Crippen molar-refractivity contribution in [1.29, 1.82) is 0 Å². The number of nitrogens with zero attached hydrogens (tertiary/aromatic N) is 4. The molecule has 8 heteroatoms. The van der Waals surface area contributed by atoms with E-state index in [1.165, 1.54) is 12.4 Å². The third-order valence-corrected chi connectivity index (χ3v) is 4.10. The fraction of sp³-hybridized carbons (Fsp3) is 0.250. The molecular weight excluding hydrogens is 330 g/mol. The van der Waals surface area contributed by atoms with E-state index in [9.17, 15) is 9.59 Å². The van der Waals surface area contributed by atoms with Gasteiger partial charge >= 0.3 is 0 Å². The summed E-state index contributed by atoms with van der Waals surface area (Å²) >= 11 is 6.02. The molecule has 1 aliphatic heterocycles. The van der Waals surface area contributed by atoms with Crippen LogP contribution in [0.3, 0.4) is 0 Å². The Hall–Kier alpha value is -2.67. The number of nitrogens with one attached hydrogen (secondary N) is 1. The minimum atomic E-state index is -0.319. The van der Waals surface area contributed by atoms with Gasteiger partial charge < -0.3 is 15.1 Å². The quantitative estimate of drug-likeness (QED) is 0.853. The van der Waals surface area contributed by atoms with Crippen LogP contribution < -0.4 is 10.2 Å². The smallest absolute Gasteiger partial charge is 0.258 e. The van der Waals surface area contributed by atoms with Crippen molar-refractivity contribution in [3.63, 3.8) is 0 Å². The predicted molar refractivity (Wildman–Crippen MR) is 91.3 cm³/mol. The molecule has 0 bridgehead atoms. The first kappa shape index (κ1) is 16.2. The van der Waals surface area contributed by atoms with Crippen LogP contribution in [0, 0.1) is 0 Å². The Bertz CT molecular complexity index is 730. The Labute approximate surface area is 144 Å². The number of aromatic nitrogens is 2. The molecule has 0 saturated carbocycles. The lowest BCUT2D eigenvalue weighted by Crippen LogP contribution is -2.46. The Kier molecular flexibility index (Phi) is 4.90. The van der Waals surface area contributed by atoms with Gasteiger partial charge in [0, 0.05) is 38.6 Å². The maximum absolute atomic E-state index is 12.2. The lowest BCUT2D eigenvalue weighted by molar-refractivity contribution is -0.118. The van der Waals surface area contributed by atoms with E-state index in [-0.39, 0.29) is 5.91 Å². The van der Waals surface area contributed by atoms with Crippen molar-refractivity contribution >= 4 is 35.6 Å². The molecule has 1 fully saturated rings. The number of piperazine rings is 1. The fourth-order valence-corrected chi connectivity index (χ4v) is 2.57. The van der Waals surface area contributed by atoms with Crippen LogP contribution in [0.1, 0.15) is 10.4 Å². The highest BCUT2D eigenvalue weighted by Crippen LogP contribution is 2.21. The molecule has 2 amide bonds. The Morgan fingerprint density at radius 1 is 1.12 bits per heavy atom. The molecule has 0 aliphatic carbocycles. The van der Waals surface area contributed by atoms with E-state index in [0.29, 0.717) is 48.4 Å². The largest absolute Gasteiger partial charge is 0.342 e. The summed E-state index contributed by atoms with van der Waals surface area (Å²) < 4.78 is 0. The van der Waals surface area contributed by atoms with Crippen molar-refractivity contribution in [2.24, 2.45) is 0 Å². The molecule has 7 nitrogen and oxygen atoms in total. The molecule has 124 valence electrons. The third-order valence-electron chi connectivity index (χ3n) is 3.77. The van der Waals surface area contributed by atoms with Gasteiger partial charge in [0.15, 0.2) is 0 Å². The van der Waals surface area contributed by atoms with Crippen LogP contribution >= 0.6 is 11.6 Å². The number of para-hydroxylation sites is 1. The molecular formula is C16H16ClN5O2. The number of hydrogen-bond acceptors (Lipinski definition) is 5. The second kappa shape index (κ2) is 7.27. The summed E-state index contributed by atoms with van der Waals surface area (Å²) in [6.07, 6.45) is 3.82. The summed E-state index contributed by atoms with van der Waals surface area (Å²) in [6, 6.07) is 7.01. The van der Waals surface area contributed by atoms with Crippen molar-refractivity contribution in [2.75, 3.05) is 36.4 Å². The first-order valence-corrected chi connectivity index (χ1v) is 7.87. The Morgan fingerprint density at radius 3 is 2.42 bits per heavy atom. The van der Waals surface area contributed by atoms with E-state index in [0.717, 1.165) is 6.41 Å². The maximum Gasteiger partial charge on any atom is 0.258 e. The van der Waals surface area contributed by atoms with Crippen molar-refractivity contribution in [2.45, 2.75) is 0 Å². The molecule has 1 aromatic carbocycles. The standard InChI is InChI=1S/C16H16ClN5O2/c17-13-3-1-2-4-14(13)20-15(24)12-9-18-16(19-10-12)22-7-5-21(11-23)6-8-22/h1-4,9-11H,5-8H2,(H,20,24). The average Bonchev–Trinajstić information content (AvgIpc) is 2.64. The minimum Gasteiger partial charge on any atom is -0.342 e. The van der Waals surface area contributed by atoms with Gasteiger partial charge in [-0.2, -0.15) is 0 Å². The van der Waals surface area contributed by atoms with Crippen molar-refractivity contribution in [1.82, 2.24) is 14.9 Å². The van der Waals surface area contributed by atoms with Crippen LogP contribution in [0.4, 0.5) is 11.6 Å². The highest BCUT2D eigenvalue weighted by Gasteiger charge is 2.18. The number of hydrogen-bond donors (Lipinski definition) is 1. The SMILES string of the molecule is O=CN1CCN(c2ncc(C(=O)Nc3ccccc3Cl)cn2)CC1. The number of carbonyl (C=O) groups is 2. The summed E-state index contributed by atoms with van der Waals surface area (Å²) in [7, 11) is 0. The van der Waals surface area contributed by atoms with Crippen LogP contribution in [0.2, 0.25) is 5.02 Å². The molecule has 2 aromatic rings. The van der Waals surface area contributed by atoms with Gasteiger partial charge in [-0.3, -0.25) is 9.59 Å². The molecule has 0 unspecified atom stereocenters. The molecule has 0 atom stereocenters. The fourth-order valence-electron chi connectivity index (χ4n) is 2.39. The first-order chi connectivity index (χ1) is 11.7. The van der Waals surface area contributed by atoms with E-state index in [1.807, 2.05) is 4.90 Å². The summed E-state index contributed by atoms with van der Waals surface area (Å²) in [5.41, 5.74) is 0.892. The second-order valence-corrected chi connectivity index (χ2v) is 5.74. The summed E-state index contributed by atoms with van der Waals surface area (Å²) in [5, 5.41) is 3.20. The van der Waals surface area contributed by atoms with Gasteiger partial charge in [0.1, 0.15) is 0 Å². The van der Waals surface area contributed by atoms with Gasteiger partial charge in [0.05, 0.1) is 16.3 Å². The number of benzene rings is 1. The van der Waals surface area contributed by atoms with E-state index in [1.54, 1.807) is 29.2 Å². The van der Waals surface area contributed by atoms with Crippen LogP contribution in [0.5, 0.6) is 0 Å². The number of rotatable bonds is 4. The summed E-state index contributed by atoms with van der Waals surface area (Å²) in [4.78, 5) is 35.1. The average molecular weight is 346 g/mol. The highest BCUT2D eigenvalue weighted by atomic mass is 35.5. The van der Waals surface area contributed by atoms with Gasteiger partial charge in [-0.1, -0.05) is 23.7 Å². The highest BCUT2D eigenvalue weighted by molar-refractivity contribution is 6.33. The summed E-state index contributed by atoms with van der Waals surface area (Å²) in [5.74, 6) is 0.232. The van der Waals surface area contributed by atoms with E-state index in [4.69, 9.17) is 11.6 Å². The molecule has 0 radical (unpaired) electrons.